The van der Waals surface area contributed by atoms with Gasteiger partial charge in [0, 0.05) is 25.2 Å². The summed E-state index contributed by atoms with van der Waals surface area (Å²) in [5.74, 6) is 0. The van der Waals surface area contributed by atoms with E-state index in [9.17, 15) is 18.0 Å². The van der Waals surface area contributed by atoms with Crippen molar-refractivity contribution in [2.24, 2.45) is 0 Å². The standard InChI is InChI=1S/C16H20ClF3N2O/c1-11-8-14(6-7-22(11)15(17)23)21(2)10-12-4-3-5-13(9-12)16(18,19)20/h3-5,9,11,14H,6-8,10H2,1-2H3/t11-,14?/m0/s1. The summed E-state index contributed by atoms with van der Waals surface area (Å²) < 4.78 is 38.3. The van der Waals surface area contributed by atoms with E-state index in [0.29, 0.717) is 18.7 Å². The Hall–Kier alpha value is -1.27. The average molecular weight is 349 g/mol. The Kier molecular flexibility index (Phi) is 5.57. The molecule has 0 aromatic heterocycles. The lowest BCUT2D eigenvalue weighted by atomic mass is 9.97. The van der Waals surface area contributed by atoms with Crippen LogP contribution in [0.25, 0.3) is 0 Å². The molecule has 1 aliphatic rings. The van der Waals surface area contributed by atoms with E-state index in [0.717, 1.165) is 18.9 Å². The summed E-state index contributed by atoms with van der Waals surface area (Å²) in [5, 5.41) is -0.448. The van der Waals surface area contributed by atoms with Crippen LogP contribution in [0.15, 0.2) is 24.3 Å². The minimum atomic E-state index is -4.32. The second kappa shape index (κ2) is 7.09. The lowest BCUT2D eigenvalue weighted by molar-refractivity contribution is -0.137. The zero-order valence-electron chi connectivity index (χ0n) is 13.1. The van der Waals surface area contributed by atoms with Gasteiger partial charge < -0.3 is 4.90 Å². The summed E-state index contributed by atoms with van der Waals surface area (Å²) in [6.45, 7) is 2.95. The first-order valence-electron chi connectivity index (χ1n) is 7.51. The van der Waals surface area contributed by atoms with Crippen molar-refractivity contribution in [1.82, 2.24) is 9.80 Å². The molecule has 0 N–H and O–H groups in total. The van der Waals surface area contributed by atoms with E-state index in [1.165, 1.54) is 12.1 Å². The average Bonchev–Trinajstić information content (AvgIpc) is 2.46. The van der Waals surface area contributed by atoms with Crippen LogP contribution in [0.3, 0.4) is 0 Å². The van der Waals surface area contributed by atoms with Crippen LogP contribution in [-0.2, 0) is 12.7 Å². The predicted molar refractivity (Wildman–Crippen MR) is 83.4 cm³/mol. The molecule has 3 nitrogen and oxygen atoms in total. The molecular formula is C16H20ClF3N2O. The fraction of sp³-hybridized carbons (Fsp3) is 0.562. The zero-order chi connectivity index (χ0) is 17.2. The highest BCUT2D eigenvalue weighted by Crippen LogP contribution is 2.30. The molecule has 23 heavy (non-hydrogen) atoms. The summed E-state index contributed by atoms with van der Waals surface area (Å²) in [4.78, 5) is 14.9. The van der Waals surface area contributed by atoms with Crippen LogP contribution in [0.5, 0.6) is 0 Å². The van der Waals surface area contributed by atoms with Gasteiger partial charge in [-0.2, -0.15) is 13.2 Å². The van der Waals surface area contributed by atoms with Crippen molar-refractivity contribution in [2.75, 3.05) is 13.6 Å². The van der Waals surface area contributed by atoms with Crippen molar-refractivity contribution in [3.8, 4) is 0 Å². The van der Waals surface area contributed by atoms with E-state index < -0.39 is 17.1 Å². The molecule has 2 atom stereocenters. The number of amides is 1. The van der Waals surface area contributed by atoms with E-state index in [1.54, 1.807) is 11.0 Å². The minimum absolute atomic E-state index is 0.0303. The molecule has 0 spiro atoms. The van der Waals surface area contributed by atoms with Gasteiger partial charge in [-0.15, -0.1) is 0 Å². The molecule has 1 heterocycles. The molecule has 1 unspecified atom stereocenters. The monoisotopic (exact) mass is 348 g/mol. The Morgan fingerprint density at radius 1 is 1.43 bits per heavy atom. The number of rotatable bonds is 3. The fourth-order valence-corrected chi connectivity index (χ4v) is 3.32. The summed E-state index contributed by atoms with van der Waals surface area (Å²) >= 11 is 5.54. The number of alkyl halides is 3. The van der Waals surface area contributed by atoms with Crippen molar-refractivity contribution in [3.63, 3.8) is 0 Å². The molecular weight excluding hydrogens is 329 g/mol. The van der Waals surface area contributed by atoms with Gasteiger partial charge in [0.1, 0.15) is 0 Å². The molecule has 128 valence electrons. The summed E-state index contributed by atoms with van der Waals surface area (Å²) in [7, 11) is 1.90. The molecule has 1 fully saturated rings. The number of likely N-dealkylation sites (tertiary alicyclic amines) is 1. The predicted octanol–water partition coefficient (Wildman–Crippen LogP) is 4.35. The van der Waals surface area contributed by atoms with Crippen LogP contribution in [0.4, 0.5) is 18.0 Å². The summed E-state index contributed by atoms with van der Waals surface area (Å²) in [6, 6.07) is 5.65. The number of carbonyl (C=O) groups is 1. The van der Waals surface area contributed by atoms with Gasteiger partial charge in [0.05, 0.1) is 5.56 Å². The molecule has 0 aliphatic carbocycles. The van der Waals surface area contributed by atoms with Gasteiger partial charge in [-0.1, -0.05) is 18.2 Å². The molecule has 1 saturated heterocycles. The molecule has 1 aromatic rings. The van der Waals surface area contributed by atoms with Crippen LogP contribution >= 0.6 is 11.6 Å². The minimum Gasteiger partial charge on any atom is -0.326 e. The zero-order valence-corrected chi connectivity index (χ0v) is 13.9. The van der Waals surface area contributed by atoms with Crippen LogP contribution in [0.1, 0.15) is 30.9 Å². The van der Waals surface area contributed by atoms with Crippen LogP contribution < -0.4 is 0 Å². The van der Waals surface area contributed by atoms with Gasteiger partial charge in [0.25, 0.3) is 0 Å². The number of hydrogen-bond donors (Lipinski definition) is 0. The van der Waals surface area contributed by atoms with Crippen molar-refractivity contribution in [1.29, 1.82) is 0 Å². The normalized spacial score (nSPS) is 22.5. The highest BCUT2D eigenvalue weighted by atomic mass is 35.5. The smallest absolute Gasteiger partial charge is 0.326 e. The molecule has 0 bridgehead atoms. The first kappa shape index (κ1) is 18.1. The maximum atomic E-state index is 12.8. The van der Waals surface area contributed by atoms with E-state index >= 15 is 0 Å². The Morgan fingerprint density at radius 2 is 2.13 bits per heavy atom. The van der Waals surface area contributed by atoms with Gasteiger partial charge in [-0.25, -0.2) is 0 Å². The third-order valence-electron chi connectivity index (χ3n) is 4.38. The van der Waals surface area contributed by atoms with Gasteiger partial charge in [-0.05, 0) is 50.0 Å². The van der Waals surface area contributed by atoms with Gasteiger partial charge >= 0.3 is 11.5 Å². The Morgan fingerprint density at radius 3 is 2.70 bits per heavy atom. The lowest BCUT2D eigenvalue weighted by Crippen LogP contribution is -2.48. The fourth-order valence-electron chi connectivity index (χ4n) is 3.07. The third-order valence-corrected chi connectivity index (χ3v) is 4.60. The van der Waals surface area contributed by atoms with Crippen LogP contribution in [-0.4, -0.2) is 40.8 Å². The van der Waals surface area contributed by atoms with E-state index in [2.05, 4.69) is 0 Å². The second-order valence-corrected chi connectivity index (χ2v) is 6.41. The maximum absolute atomic E-state index is 12.8. The van der Waals surface area contributed by atoms with E-state index in [1.807, 2.05) is 18.9 Å². The Labute approximate surface area is 139 Å². The molecule has 1 amide bonds. The lowest BCUT2D eigenvalue weighted by Gasteiger charge is -2.40. The Balaban J connectivity index is 2.00. The SMILES string of the molecule is C[C@H]1CC(N(C)Cc2cccc(C(F)(F)F)c2)CCN1C(=O)Cl. The Bertz CT molecular complexity index is 565. The number of nitrogens with zero attached hydrogens (tertiary/aromatic N) is 2. The second-order valence-electron chi connectivity index (χ2n) is 6.09. The number of benzene rings is 1. The largest absolute Gasteiger partial charge is 0.416 e. The first-order chi connectivity index (χ1) is 10.7. The van der Waals surface area contributed by atoms with E-state index in [-0.39, 0.29) is 12.1 Å². The van der Waals surface area contributed by atoms with Crippen LogP contribution in [0, 0.1) is 0 Å². The molecule has 0 radical (unpaired) electrons. The highest BCUT2D eigenvalue weighted by Gasteiger charge is 2.32. The summed E-state index contributed by atoms with van der Waals surface area (Å²) in [6.07, 6.45) is -2.80. The number of hydrogen-bond acceptors (Lipinski definition) is 2. The molecule has 0 saturated carbocycles. The van der Waals surface area contributed by atoms with Gasteiger partial charge in [0.15, 0.2) is 0 Å². The topological polar surface area (TPSA) is 23.6 Å². The summed E-state index contributed by atoms with van der Waals surface area (Å²) in [5.41, 5.74) is 0.00477. The third kappa shape index (κ3) is 4.61. The number of halogens is 4. The van der Waals surface area contributed by atoms with Crippen molar-refractivity contribution < 1.29 is 18.0 Å². The highest BCUT2D eigenvalue weighted by molar-refractivity contribution is 6.62. The number of carbonyl (C=O) groups excluding carboxylic acids is 1. The number of piperidine rings is 1. The van der Waals surface area contributed by atoms with Gasteiger partial charge in [-0.3, -0.25) is 9.69 Å². The van der Waals surface area contributed by atoms with Crippen molar-refractivity contribution in [2.45, 2.75) is 44.6 Å². The van der Waals surface area contributed by atoms with Crippen LogP contribution in [0.2, 0.25) is 0 Å². The first-order valence-corrected chi connectivity index (χ1v) is 7.88. The van der Waals surface area contributed by atoms with Crippen molar-refractivity contribution >= 4 is 17.0 Å². The quantitative estimate of drug-likeness (QED) is 0.599. The molecule has 7 heteroatoms. The maximum Gasteiger partial charge on any atom is 0.416 e. The van der Waals surface area contributed by atoms with Crippen molar-refractivity contribution in [3.05, 3.63) is 35.4 Å². The van der Waals surface area contributed by atoms with E-state index in [4.69, 9.17) is 11.6 Å². The molecule has 2 rings (SSSR count). The molecule has 1 aliphatic heterocycles. The van der Waals surface area contributed by atoms with Gasteiger partial charge in [0.2, 0.25) is 0 Å². The molecule has 1 aromatic carbocycles.